The van der Waals surface area contributed by atoms with E-state index in [1.54, 1.807) is 0 Å². The lowest BCUT2D eigenvalue weighted by molar-refractivity contribution is 0.187. The minimum atomic E-state index is 0.139. The summed E-state index contributed by atoms with van der Waals surface area (Å²) in [6.45, 7) is 5.95. The number of nitrogens with zero attached hydrogens (tertiary/aromatic N) is 1. The molecule has 0 bridgehead atoms. The van der Waals surface area contributed by atoms with Crippen molar-refractivity contribution in [2.45, 2.75) is 32.2 Å². The SMILES string of the molecule is CC1CCN(CCC(N)c2ccccc2Br)CC1. The van der Waals surface area contributed by atoms with Gasteiger partial charge in [-0.1, -0.05) is 41.1 Å². The van der Waals surface area contributed by atoms with Gasteiger partial charge in [-0.15, -0.1) is 0 Å². The van der Waals surface area contributed by atoms with Crippen LogP contribution >= 0.6 is 15.9 Å². The van der Waals surface area contributed by atoms with Gasteiger partial charge in [0.15, 0.2) is 0 Å². The summed E-state index contributed by atoms with van der Waals surface area (Å²) in [6.07, 6.45) is 3.71. The molecule has 3 heteroatoms. The van der Waals surface area contributed by atoms with Crippen molar-refractivity contribution in [1.29, 1.82) is 0 Å². The predicted octanol–water partition coefficient (Wildman–Crippen LogP) is 3.57. The van der Waals surface area contributed by atoms with Gasteiger partial charge in [-0.25, -0.2) is 0 Å². The molecule has 1 heterocycles. The first kappa shape index (κ1) is 14.0. The fourth-order valence-electron chi connectivity index (χ4n) is 2.54. The van der Waals surface area contributed by atoms with Gasteiger partial charge in [0.05, 0.1) is 0 Å². The molecule has 0 aromatic heterocycles. The van der Waals surface area contributed by atoms with Gasteiger partial charge in [0.2, 0.25) is 0 Å². The molecule has 1 aliphatic rings. The Morgan fingerprint density at radius 1 is 1.33 bits per heavy atom. The van der Waals surface area contributed by atoms with Crippen molar-refractivity contribution in [3.8, 4) is 0 Å². The summed E-state index contributed by atoms with van der Waals surface area (Å²) in [5.74, 6) is 0.901. The smallest absolute Gasteiger partial charge is 0.0318 e. The van der Waals surface area contributed by atoms with Gasteiger partial charge < -0.3 is 10.6 Å². The molecule has 2 N–H and O–H groups in total. The average Bonchev–Trinajstić information content (AvgIpc) is 2.38. The van der Waals surface area contributed by atoms with Crippen molar-refractivity contribution < 1.29 is 0 Å². The topological polar surface area (TPSA) is 29.3 Å². The summed E-state index contributed by atoms with van der Waals surface area (Å²) in [4.78, 5) is 2.55. The van der Waals surface area contributed by atoms with E-state index < -0.39 is 0 Å². The lowest BCUT2D eigenvalue weighted by Crippen LogP contribution is -2.34. The van der Waals surface area contributed by atoms with E-state index in [4.69, 9.17) is 5.73 Å². The molecule has 2 nitrogen and oxygen atoms in total. The molecule has 1 fully saturated rings. The standard InChI is InChI=1S/C15H23BrN2/c1-12-6-9-18(10-7-12)11-8-15(17)13-4-2-3-5-14(13)16/h2-5,12,15H,6-11,17H2,1H3. The van der Waals surface area contributed by atoms with E-state index in [9.17, 15) is 0 Å². The minimum absolute atomic E-state index is 0.139. The van der Waals surface area contributed by atoms with Crippen LogP contribution in [-0.2, 0) is 0 Å². The van der Waals surface area contributed by atoms with Crippen LogP contribution < -0.4 is 5.73 Å². The highest BCUT2D eigenvalue weighted by Crippen LogP contribution is 2.24. The lowest BCUT2D eigenvalue weighted by atomic mass is 9.98. The molecule has 0 amide bonds. The monoisotopic (exact) mass is 310 g/mol. The summed E-state index contributed by atoms with van der Waals surface area (Å²) in [5.41, 5.74) is 7.51. The number of rotatable bonds is 4. The van der Waals surface area contributed by atoms with E-state index in [0.29, 0.717) is 0 Å². The molecule has 0 spiro atoms. The Bertz CT molecular complexity index is 373. The third kappa shape index (κ3) is 3.81. The Labute approximate surface area is 119 Å². The highest BCUT2D eigenvalue weighted by atomic mass is 79.9. The molecule has 0 saturated carbocycles. The van der Waals surface area contributed by atoms with Crippen LogP contribution in [0.5, 0.6) is 0 Å². The van der Waals surface area contributed by atoms with Crippen molar-refractivity contribution >= 4 is 15.9 Å². The van der Waals surface area contributed by atoms with Gasteiger partial charge in [-0.2, -0.15) is 0 Å². The van der Waals surface area contributed by atoms with Gasteiger partial charge >= 0.3 is 0 Å². The number of halogens is 1. The third-order valence-corrected chi connectivity index (χ3v) is 4.66. The van der Waals surface area contributed by atoms with Crippen molar-refractivity contribution in [1.82, 2.24) is 4.90 Å². The van der Waals surface area contributed by atoms with Gasteiger partial charge in [-0.3, -0.25) is 0 Å². The van der Waals surface area contributed by atoms with Gasteiger partial charge in [0, 0.05) is 10.5 Å². The molecule has 2 rings (SSSR count). The summed E-state index contributed by atoms with van der Waals surface area (Å²) in [5, 5.41) is 0. The van der Waals surface area contributed by atoms with E-state index in [0.717, 1.165) is 23.4 Å². The summed E-state index contributed by atoms with van der Waals surface area (Å²) < 4.78 is 1.13. The molecular weight excluding hydrogens is 288 g/mol. The van der Waals surface area contributed by atoms with E-state index in [-0.39, 0.29) is 6.04 Å². The molecule has 0 aliphatic carbocycles. The number of hydrogen-bond donors (Lipinski definition) is 1. The molecule has 0 radical (unpaired) electrons. The maximum Gasteiger partial charge on any atom is 0.0318 e. The van der Waals surface area contributed by atoms with Crippen LogP contribution in [-0.4, -0.2) is 24.5 Å². The highest BCUT2D eigenvalue weighted by molar-refractivity contribution is 9.10. The van der Waals surface area contributed by atoms with Crippen LogP contribution in [0, 0.1) is 5.92 Å². The fraction of sp³-hybridized carbons (Fsp3) is 0.600. The van der Waals surface area contributed by atoms with Gasteiger partial charge in [0.25, 0.3) is 0 Å². The second-order valence-corrected chi connectivity index (χ2v) is 6.30. The zero-order valence-corrected chi connectivity index (χ0v) is 12.7. The van der Waals surface area contributed by atoms with Crippen molar-refractivity contribution in [2.75, 3.05) is 19.6 Å². The molecule has 1 saturated heterocycles. The molecule has 1 atom stereocenters. The van der Waals surface area contributed by atoms with Crippen molar-refractivity contribution in [3.63, 3.8) is 0 Å². The summed E-state index contributed by atoms with van der Waals surface area (Å²) in [7, 11) is 0. The largest absolute Gasteiger partial charge is 0.324 e. The van der Waals surface area contributed by atoms with E-state index in [1.165, 1.54) is 31.5 Å². The fourth-order valence-corrected chi connectivity index (χ4v) is 3.12. The summed E-state index contributed by atoms with van der Waals surface area (Å²) >= 11 is 3.58. The number of likely N-dealkylation sites (tertiary alicyclic amines) is 1. The molecule has 1 aliphatic heterocycles. The van der Waals surface area contributed by atoms with E-state index >= 15 is 0 Å². The third-order valence-electron chi connectivity index (χ3n) is 3.94. The quantitative estimate of drug-likeness (QED) is 0.921. The molecule has 1 aromatic rings. The first-order chi connectivity index (χ1) is 8.66. The lowest BCUT2D eigenvalue weighted by Gasteiger charge is -2.31. The Morgan fingerprint density at radius 3 is 2.67 bits per heavy atom. The molecular formula is C15H23BrN2. The van der Waals surface area contributed by atoms with Crippen LogP contribution in [0.25, 0.3) is 0 Å². The molecule has 18 heavy (non-hydrogen) atoms. The maximum atomic E-state index is 6.28. The van der Waals surface area contributed by atoms with Crippen LogP contribution in [0.1, 0.15) is 37.8 Å². The molecule has 100 valence electrons. The number of hydrogen-bond acceptors (Lipinski definition) is 2. The van der Waals surface area contributed by atoms with Gasteiger partial charge in [0.1, 0.15) is 0 Å². The minimum Gasteiger partial charge on any atom is -0.324 e. The predicted molar refractivity (Wildman–Crippen MR) is 80.5 cm³/mol. The van der Waals surface area contributed by atoms with Crippen LogP contribution in [0.3, 0.4) is 0 Å². The van der Waals surface area contributed by atoms with Crippen LogP contribution in [0.15, 0.2) is 28.7 Å². The van der Waals surface area contributed by atoms with Crippen molar-refractivity contribution in [2.24, 2.45) is 11.7 Å². The average molecular weight is 311 g/mol. The van der Waals surface area contributed by atoms with Crippen LogP contribution in [0.4, 0.5) is 0 Å². The second-order valence-electron chi connectivity index (χ2n) is 5.44. The maximum absolute atomic E-state index is 6.28. The Balaban J connectivity index is 1.81. The number of benzene rings is 1. The molecule has 1 unspecified atom stereocenters. The first-order valence-corrected chi connectivity index (χ1v) is 7.68. The Hall–Kier alpha value is -0.380. The summed E-state index contributed by atoms with van der Waals surface area (Å²) in [6, 6.07) is 8.42. The Morgan fingerprint density at radius 2 is 2.00 bits per heavy atom. The van der Waals surface area contributed by atoms with E-state index in [2.05, 4.69) is 46.0 Å². The molecule has 1 aromatic carbocycles. The van der Waals surface area contributed by atoms with Crippen molar-refractivity contribution in [3.05, 3.63) is 34.3 Å². The number of piperidine rings is 1. The highest BCUT2D eigenvalue weighted by Gasteiger charge is 2.17. The Kier molecular flexibility index (Phi) is 5.22. The second kappa shape index (κ2) is 6.69. The zero-order valence-electron chi connectivity index (χ0n) is 11.1. The van der Waals surface area contributed by atoms with Gasteiger partial charge in [-0.05, 0) is 56.4 Å². The first-order valence-electron chi connectivity index (χ1n) is 6.89. The zero-order chi connectivity index (χ0) is 13.0. The number of nitrogens with two attached hydrogens (primary N) is 1. The normalized spacial score (nSPS) is 19.9. The van der Waals surface area contributed by atoms with Crippen LogP contribution in [0.2, 0.25) is 0 Å². The van der Waals surface area contributed by atoms with E-state index in [1.807, 2.05) is 6.07 Å².